The topological polar surface area (TPSA) is 114 Å². The number of primary amides is 1. The van der Waals surface area contributed by atoms with E-state index >= 15 is 0 Å². The Bertz CT molecular complexity index is 761. The molecule has 1 aliphatic rings. The lowest BCUT2D eigenvalue weighted by molar-refractivity contribution is -0.119. The Morgan fingerprint density at radius 3 is 2.70 bits per heavy atom. The SMILES string of the molecule is NC(=O)[C@H]1CC(C(=O)Nc2nncs2)=NN1c1ccc(F)cc1. The number of halogens is 1. The summed E-state index contributed by atoms with van der Waals surface area (Å²) in [5, 5.41) is 15.6. The quantitative estimate of drug-likeness (QED) is 0.856. The number of benzene rings is 1. The minimum atomic E-state index is -0.810. The Hall–Kier alpha value is -2.88. The zero-order chi connectivity index (χ0) is 16.4. The molecule has 10 heteroatoms. The second-order valence-electron chi connectivity index (χ2n) is 4.69. The van der Waals surface area contributed by atoms with Crippen molar-refractivity contribution in [1.29, 1.82) is 0 Å². The summed E-state index contributed by atoms with van der Waals surface area (Å²) in [5.74, 6) is -1.53. The fourth-order valence-corrected chi connectivity index (χ4v) is 2.54. The van der Waals surface area contributed by atoms with Crippen molar-refractivity contribution in [2.75, 3.05) is 10.3 Å². The van der Waals surface area contributed by atoms with Crippen LogP contribution >= 0.6 is 11.3 Å². The van der Waals surface area contributed by atoms with Crippen molar-refractivity contribution in [2.24, 2.45) is 10.8 Å². The van der Waals surface area contributed by atoms with Crippen LogP contribution in [0.25, 0.3) is 0 Å². The van der Waals surface area contributed by atoms with Gasteiger partial charge in [0.25, 0.3) is 5.91 Å². The number of rotatable bonds is 4. The minimum Gasteiger partial charge on any atom is -0.368 e. The van der Waals surface area contributed by atoms with Gasteiger partial charge in [0, 0.05) is 6.42 Å². The van der Waals surface area contributed by atoms with Crippen LogP contribution < -0.4 is 16.1 Å². The third-order valence-electron chi connectivity index (χ3n) is 3.17. The molecule has 1 aliphatic heterocycles. The van der Waals surface area contributed by atoms with Crippen LogP contribution in [0.2, 0.25) is 0 Å². The van der Waals surface area contributed by atoms with E-state index in [1.165, 1.54) is 34.8 Å². The lowest BCUT2D eigenvalue weighted by Gasteiger charge is -2.20. The van der Waals surface area contributed by atoms with Gasteiger partial charge < -0.3 is 5.73 Å². The number of nitrogens with zero attached hydrogens (tertiary/aromatic N) is 4. The summed E-state index contributed by atoms with van der Waals surface area (Å²) < 4.78 is 13.0. The summed E-state index contributed by atoms with van der Waals surface area (Å²) in [4.78, 5) is 23.8. The molecule has 0 fully saturated rings. The van der Waals surface area contributed by atoms with Gasteiger partial charge in [0.2, 0.25) is 11.0 Å². The van der Waals surface area contributed by atoms with Crippen molar-refractivity contribution >= 4 is 39.7 Å². The van der Waals surface area contributed by atoms with Crippen molar-refractivity contribution in [3.05, 3.63) is 35.6 Å². The van der Waals surface area contributed by atoms with Gasteiger partial charge in [-0.25, -0.2) is 4.39 Å². The van der Waals surface area contributed by atoms with E-state index in [9.17, 15) is 14.0 Å². The van der Waals surface area contributed by atoms with E-state index in [0.717, 1.165) is 11.3 Å². The van der Waals surface area contributed by atoms with E-state index in [4.69, 9.17) is 5.73 Å². The molecule has 2 amide bonds. The zero-order valence-corrected chi connectivity index (χ0v) is 12.5. The molecule has 3 N–H and O–H groups in total. The number of carbonyl (C=O) groups excluding carboxylic acids is 2. The molecule has 23 heavy (non-hydrogen) atoms. The lowest BCUT2D eigenvalue weighted by Crippen LogP contribution is -2.39. The Kier molecular flexibility index (Phi) is 3.98. The Labute approximate surface area is 133 Å². The van der Waals surface area contributed by atoms with Crippen LogP contribution in [-0.2, 0) is 9.59 Å². The third kappa shape index (κ3) is 3.16. The maximum absolute atomic E-state index is 13.0. The number of nitrogens with one attached hydrogen (secondary N) is 1. The predicted octanol–water partition coefficient (Wildman–Crippen LogP) is 0.736. The second-order valence-corrected chi connectivity index (χ2v) is 5.52. The van der Waals surface area contributed by atoms with Gasteiger partial charge in [-0.1, -0.05) is 11.3 Å². The average Bonchev–Trinajstić information content (AvgIpc) is 3.17. The number of nitrogens with two attached hydrogens (primary N) is 1. The van der Waals surface area contributed by atoms with E-state index in [0.29, 0.717) is 10.8 Å². The first-order valence-electron chi connectivity index (χ1n) is 6.53. The van der Waals surface area contributed by atoms with E-state index in [1.54, 1.807) is 0 Å². The van der Waals surface area contributed by atoms with Gasteiger partial charge in [-0.3, -0.25) is 19.9 Å². The zero-order valence-electron chi connectivity index (χ0n) is 11.6. The molecule has 8 nitrogen and oxygen atoms in total. The Balaban J connectivity index is 1.84. The van der Waals surface area contributed by atoms with Gasteiger partial charge in [-0.2, -0.15) is 5.10 Å². The fraction of sp³-hybridized carbons (Fsp3) is 0.154. The summed E-state index contributed by atoms with van der Waals surface area (Å²) in [7, 11) is 0. The summed E-state index contributed by atoms with van der Waals surface area (Å²) in [6.07, 6.45) is 0.0529. The van der Waals surface area contributed by atoms with Crippen molar-refractivity contribution in [3.63, 3.8) is 0 Å². The molecule has 118 valence electrons. The van der Waals surface area contributed by atoms with Gasteiger partial charge in [-0.05, 0) is 24.3 Å². The Morgan fingerprint density at radius 2 is 2.09 bits per heavy atom. The number of hydrogen-bond acceptors (Lipinski definition) is 7. The van der Waals surface area contributed by atoms with Gasteiger partial charge >= 0.3 is 0 Å². The number of anilines is 2. The van der Waals surface area contributed by atoms with Crippen molar-refractivity contribution in [2.45, 2.75) is 12.5 Å². The first-order chi connectivity index (χ1) is 11.0. The standard InChI is InChI=1S/C13H11FN6O2S/c14-7-1-3-8(4-2-7)20-10(11(15)21)5-9(19-20)12(22)17-13-18-16-6-23-13/h1-4,6,10H,5H2,(H2,15,21)(H,17,18,22)/t10-/m1/s1. The molecule has 2 aromatic rings. The smallest absolute Gasteiger partial charge is 0.273 e. The number of aromatic nitrogens is 2. The largest absolute Gasteiger partial charge is 0.368 e. The highest BCUT2D eigenvalue weighted by Gasteiger charge is 2.35. The molecule has 0 radical (unpaired) electrons. The summed E-state index contributed by atoms with van der Waals surface area (Å²) in [5.41, 5.74) is 7.45. The molecular weight excluding hydrogens is 323 g/mol. The van der Waals surface area contributed by atoms with Crippen LogP contribution in [0.1, 0.15) is 6.42 Å². The van der Waals surface area contributed by atoms with E-state index in [-0.39, 0.29) is 12.1 Å². The highest BCUT2D eigenvalue weighted by molar-refractivity contribution is 7.13. The molecule has 1 atom stereocenters. The lowest BCUT2D eigenvalue weighted by atomic mass is 10.1. The average molecular weight is 334 g/mol. The summed E-state index contributed by atoms with van der Waals surface area (Å²) >= 11 is 1.16. The van der Waals surface area contributed by atoms with Crippen LogP contribution in [0.3, 0.4) is 0 Å². The first-order valence-corrected chi connectivity index (χ1v) is 7.41. The van der Waals surface area contributed by atoms with Crippen LogP contribution in [0.15, 0.2) is 34.9 Å². The van der Waals surface area contributed by atoms with Crippen molar-refractivity contribution < 1.29 is 14.0 Å². The van der Waals surface area contributed by atoms with Crippen LogP contribution in [0.4, 0.5) is 15.2 Å². The molecule has 0 saturated carbocycles. The third-order valence-corrected chi connectivity index (χ3v) is 3.78. The van der Waals surface area contributed by atoms with Gasteiger partial charge in [-0.15, -0.1) is 10.2 Å². The maximum Gasteiger partial charge on any atom is 0.273 e. The number of hydrogen-bond donors (Lipinski definition) is 2. The molecule has 1 aromatic heterocycles. The van der Waals surface area contributed by atoms with Crippen LogP contribution in [0.5, 0.6) is 0 Å². The molecule has 0 aliphatic carbocycles. The fourth-order valence-electron chi connectivity index (χ4n) is 2.10. The summed E-state index contributed by atoms with van der Waals surface area (Å²) in [6, 6.07) is 4.58. The molecule has 0 spiro atoms. The first kappa shape index (κ1) is 15.0. The van der Waals surface area contributed by atoms with Gasteiger partial charge in [0.05, 0.1) is 5.69 Å². The van der Waals surface area contributed by atoms with Crippen LogP contribution in [0, 0.1) is 5.82 Å². The normalized spacial score (nSPS) is 17.0. The second kappa shape index (κ2) is 6.08. The minimum absolute atomic E-state index is 0.0529. The van der Waals surface area contributed by atoms with Crippen LogP contribution in [-0.4, -0.2) is 33.8 Å². The predicted molar refractivity (Wildman–Crippen MR) is 82.5 cm³/mol. The Morgan fingerprint density at radius 1 is 1.35 bits per heavy atom. The van der Waals surface area contributed by atoms with Crippen molar-refractivity contribution in [3.8, 4) is 0 Å². The molecule has 1 aromatic carbocycles. The number of hydrazone groups is 1. The van der Waals surface area contributed by atoms with Gasteiger partial charge in [0.1, 0.15) is 23.1 Å². The van der Waals surface area contributed by atoms with Gasteiger partial charge in [0.15, 0.2) is 0 Å². The number of carbonyl (C=O) groups is 2. The molecule has 3 rings (SSSR count). The summed E-state index contributed by atoms with van der Waals surface area (Å²) in [6.45, 7) is 0. The van der Waals surface area contributed by atoms with E-state index in [2.05, 4.69) is 20.6 Å². The van der Waals surface area contributed by atoms with E-state index in [1.807, 2.05) is 0 Å². The van der Waals surface area contributed by atoms with E-state index < -0.39 is 23.7 Å². The molecule has 0 bridgehead atoms. The molecular formula is C13H11FN6O2S. The van der Waals surface area contributed by atoms with Crippen molar-refractivity contribution in [1.82, 2.24) is 10.2 Å². The maximum atomic E-state index is 13.0. The highest BCUT2D eigenvalue weighted by atomic mass is 32.1. The molecule has 2 heterocycles. The number of amides is 2. The monoisotopic (exact) mass is 334 g/mol. The molecule has 0 saturated heterocycles. The molecule has 0 unspecified atom stereocenters. The highest BCUT2D eigenvalue weighted by Crippen LogP contribution is 2.25.